The summed E-state index contributed by atoms with van der Waals surface area (Å²) >= 11 is 0. The molecule has 0 saturated carbocycles. The third-order valence-electron chi connectivity index (χ3n) is 6.44. The molecule has 9 heteroatoms. The molecule has 0 spiro atoms. The Labute approximate surface area is 226 Å². The number of aliphatic imine (C=N–C) groups is 1. The number of nitrogens with one attached hydrogen (secondary N) is 2. The zero-order valence-electron chi connectivity index (χ0n) is 22.2. The molecule has 0 aliphatic carbocycles. The average Bonchev–Trinajstić information content (AvgIpc) is 3.25. The molecule has 9 nitrogen and oxygen atoms in total. The van der Waals surface area contributed by atoms with Crippen LogP contribution >= 0.6 is 0 Å². The van der Waals surface area contributed by atoms with Gasteiger partial charge in [-0.2, -0.15) is 0 Å². The third-order valence-corrected chi connectivity index (χ3v) is 6.44. The number of fused-ring (bicyclic) bond motifs is 1. The monoisotopic (exact) mass is 528 g/mol. The number of carbonyl (C=O) groups excluding carboxylic acids is 2. The number of rotatable bonds is 10. The lowest BCUT2D eigenvalue weighted by Gasteiger charge is -2.15. The number of nitrogens with zero attached hydrogens (tertiary/aromatic N) is 2. The predicted octanol–water partition coefficient (Wildman–Crippen LogP) is 3.79. The maximum atomic E-state index is 12.6. The van der Waals surface area contributed by atoms with E-state index >= 15 is 0 Å². The first-order valence-corrected chi connectivity index (χ1v) is 12.6. The maximum absolute atomic E-state index is 12.6. The van der Waals surface area contributed by atoms with Gasteiger partial charge in [0.05, 0.1) is 36.2 Å². The highest BCUT2D eigenvalue weighted by molar-refractivity contribution is 6.22. The van der Waals surface area contributed by atoms with Gasteiger partial charge in [0.2, 0.25) is 0 Å². The minimum Gasteiger partial charge on any atom is -0.494 e. The number of esters is 1. The molecule has 0 aliphatic heterocycles. The number of hydrogen-bond donors (Lipinski definition) is 4. The number of aliphatic hydroxyl groups excluding tert-OH is 1. The standard InChI is InChI=1S/C30H32N4O5/c1-19-17-24-25(18-23(19)30(38)39-3)33-29(37)26(24)27(20-7-5-4-6-8-20)32-22-11-9-21(10-12-22)28(36)31-13-14-34(2)15-16-35/h4-12,17-18,33,35,37H,13-16H2,1-3H3,(H,31,36). The van der Waals surface area contributed by atoms with Gasteiger partial charge >= 0.3 is 5.97 Å². The number of methoxy groups -OCH3 is 1. The number of ether oxygens (including phenoxy) is 1. The van der Waals surface area contributed by atoms with Crippen LogP contribution in [0.4, 0.5) is 5.69 Å². The average molecular weight is 529 g/mol. The minimum atomic E-state index is -0.455. The quantitative estimate of drug-likeness (QED) is 0.183. The van der Waals surface area contributed by atoms with Gasteiger partial charge in [0.15, 0.2) is 5.88 Å². The lowest BCUT2D eigenvalue weighted by molar-refractivity contribution is 0.0600. The number of aliphatic hydroxyl groups is 1. The number of aryl methyl sites for hydroxylation is 1. The second kappa shape index (κ2) is 12.4. The lowest BCUT2D eigenvalue weighted by Crippen LogP contribution is -2.34. The lowest BCUT2D eigenvalue weighted by atomic mass is 9.98. The number of benzene rings is 3. The van der Waals surface area contributed by atoms with Gasteiger partial charge in [-0.1, -0.05) is 30.3 Å². The molecule has 39 heavy (non-hydrogen) atoms. The van der Waals surface area contributed by atoms with Crippen molar-refractivity contribution < 1.29 is 24.5 Å². The maximum Gasteiger partial charge on any atom is 0.338 e. The molecule has 0 atom stereocenters. The van der Waals surface area contributed by atoms with Crippen molar-refractivity contribution >= 4 is 34.2 Å². The zero-order chi connectivity index (χ0) is 27.9. The van der Waals surface area contributed by atoms with Crippen LogP contribution in [0.5, 0.6) is 5.88 Å². The van der Waals surface area contributed by atoms with Crippen LogP contribution in [-0.2, 0) is 4.74 Å². The van der Waals surface area contributed by atoms with Gasteiger partial charge < -0.3 is 30.2 Å². The Morgan fingerprint density at radius 3 is 2.41 bits per heavy atom. The van der Waals surface area contributed by atoms with Crippen LogP contribution in [-0.4, -0.2) is 78.1 Å². The van der Waals surface area contributed by atoms with Crippen LogP contribution in [0.1, 0.15) is 37.4 Å². The molecule has 4 N–H and O–H groups in total. The minimum absolute atomic E-state index is 0.0713. The van der Waals surface area contributed by atoms with E-state index in [0.29, 0.717) is 64.2 Å². The molecule has 0 saturated heterocycles. The van der Waals surface area contributed by atoms with E-state index < -0.39 is 5.97 Å². The van der Waals surface area contributed by atoms with E-state index in [-0.39, 0.29) is 18.4 Å². The summed E-state index contributed by atoms with van der Waals surface area (Å²) < 4.78 is 4.89. The molecule has 4 aromatic rings. The molecule has 1 heterocycles. The van der Waals surface area contributed by atoms with E-state index in [2.05, 4.69) is 10.3 Å². The Kier molecular flexibility index (Phi) is 8.75. The smallest absolute Gasteiger partial charge is 0.338 e. The number of amides is 1. The van der Waals surface area contributed by atoms with Crippen LogP contribution in [0.15, 0.2) is 71.7 Å². The molecular weight excluding hydrogens is 496 g/mol. The van der Waals surface area contributed by atoms with Gasteiger partial charge in [-0.25, -0.2) is 9.79 Å². The van der Waals surface area contributed by atoms with Crippen LogP contribution in [0.2, 0.25) is 0 Å². The largest absolute Gasteiger partial charge is 0.494 e. The number of aromatic hydroxyl groups is 1. The molecule has 1 aromatic heterocycles. The van der Waals surface area contributed by atoms with Crippen molar-refractivity contribution in [2.45, 2.75) is 6.92 Å². The van der Waals surface area contributed by atoms with Crippen molar-refractivity contribution in [3.8, 4) is 5.88 Å². The van der Waals surface area contributed by atoms with Gasteiger partial charge in [0.1, 0.15) is 0 Å². The third kappa shape index (κ3) is 6.34. The van der Waals surface area contributed by atoms with Gasteiger partial charge in [-0.05, 0) is 55.9 Å². The highest BCUT2D eigenvalue weighted by Crippen LogP contribution is 2.33. The summed E-state index contributed by atoms with van der Waals surface area (Å²) in [5.74, 6) is -0.725. The Balaban J connectivity index is 1.68. The van der Waals surface area contributed by atoms with Crippen LogP contribution in [0.25, 0.3) is 10.9 Å². The van der Waals surface area contributed by atoms with Gasteiger partial charge in [-0.15, -0.1) is 0 Å². The molecule has 0 bridgehead atoms. The number of aromatic amines is 1. The van der Waals surface area contributed by atoms with Crippen molar-refractivity contribution in [3.63, 3.8) is 0 Å². The van der Waals surface area contributed by atoms with Crippen molar-refractivity contribution in [2.75, 3.05) is 40.4 Å². The first kappa shape index (κ1) is 27.6. The number of aromatic nitrogens is 1. The van der Waals surface area contributed by atoms with Gasteiger partial charge in [0, 0.05) is 41.7 Å². The van der Waals surface area contributed by atoms with Gasteiger partial charge in [-0.3, -0.25) is 4.79 Å². The Hall–Kier alpha value is -4.47. The van der Waals surface area contributed by atoms with E-state index in [0.717, 1.165) is 5.56 Å². The summed E-state index contributed by atoms with van der Waals surface area (Å²) in [6.45, 7) is 3.52. The topological polar surface area (TPSA) is 127 Å². The summed E-state index contributed by atoms with van der Waals surface area (Å²) in [4.78, 5) is 34.5. The summed E-state index contributed by atoms with van der Waals surface area (Å²) in [6, 6.07) is 19.9. The molecule has 0 fully saturated rings. The fraction of sp³-hybridized carbons (Fsp3) is 0.233. The van der Waals surface area contributed by atoms with Crippen molar-refractivity contribution in [1.29, 1.82) is 0 Å². The summed E-state index contributed by atoms with van der Waals surface area (Å²) in [6.07, 6.45) is 0. The second-order valence-electron chi connectivity index (χ2n) is 9.21. The molecule has 0 radical (unpaired) electrons. The SMILES string of the molecule is COC(=O)c1cc2[nH]c(O)c(C(=Nc3ccc(C(=O)NCCN(C)CCO)cc3)c3ccccc3)c2cc1C. The fourth-order valence-corrected chi connectivity index (χ4v) is 4.33. The van der Waals surface area contributed by atoms with E-state index in [9.17, 15) is 14.7 Å². The second-order valence-corrected chi connectivity index (χ2v) is 9.21. The number of likely N-dealkylation sites (N-methyl/N-ethyl adjacent to an activating group) is 1. The summed E-state index contributed by atoms with van der Waals surface area (Å²) in [5.41, 5.74) is 4.62. The Morgan fingerprint density at radius 2 is 1.74 bits per heavy atom. The molecule has 0 aliphatic rings. The molecule has 4 rings (SSSR count). The van der Waals surface area contributed by atoms with E-state index in [4.69, 9.17) is 14.8 Å². The Bertz CT molecular complexity index is 1490. The number of hydrogen-bond acceptors (Lipinski definition) is 7. The first-order chi connectivity index (χ1) is 18.8. The van der Waals surface area contributed by atoms with Crippen molar-refractivity contribution in [3.05, 3.63) is 94.5 Å². The summed E-state index contributed by atoms with van der Waals surface area (Å²) in [7, 11) is 3.21. The van der Waals surface area contributed by atoms with Crippen molar-refractivity contribution in [2.24, 2.45) is 4.99 Å². The molecule has 0 unspecified atom stereocenters. The zero-order valence-corrected chi connectivity index (χ0v) is 22.2. The highest BCUT2D eigenvalue weighted by Gasteiger charge is 2.21. The van der Waals surface area contributed by atoms with Gasteiger partial charge in [0.25, 0.3) is 5.91 Å². The van der Waals surface area contributed by atoms with Crippen LogP contribution in [0, 0.1) is 6.92 Å². The highest BCUT2D eigenvalue weighted by atomic mass is 16.5. The van der Waals surface area contributed by atoms with E-state index in [1.165, 1.54) is 7.11 Å². The molecular formula is C30H32N4O5. The Morgan fingerprint density at radius 1 is 1.03 bits per heavy atom. The number of H-pyrrole nitrogens is 1. The van der Waals surface area contributed by atoms with Crippen LogP contribution in [0.3, 0.4) is 0 Å². The normalized spacial score (nSPS) is 11.7. The fourth-order valence-electron chi connectivity index (χ4n) is 4.33. The van der Waals surface area contributed by atoms with Crippen LogP contribution < -0.4 is 5.32 Å². The molecule has 202 valence electrons. The van der Waals surface area contributed by atoms with E-state index in [1.54, 1.807) is 30.3 Å². The van der Waals surface area contributed by atoms with E-state index in [1.807, 2.05) is 55.3 Å². The van der Waals surface area contributed by atoms with Crippen molar-refractivity contribution in [1.82, 2.24) is 15.2 Å². The first-order valence-electron chi connectivity index (χ1n) is 12.6. The predicted molar refractivity (Wildman–Crippen MR) is 151 cm³/mol. The summed E-state index contributed by atoms with van der Waals surface area (Å²) in [5, 5.41) is 23.6. The molecule has 1 amide bonds. The molecule has 3 aromatic carbocycles. The number of carbonyl (C=O) groups is 2.